The van der Waals surface area contributed by atoms with Crippen molar-refractivity contribution in [1.82, 2.24) is 4.90 Å². The molecule has 0 aromatic heterocycles. The van der Waals surface area contributed by atoms with E-state index in [2.05, 4.69) is 65.8 Å². The number of esters is 1. The summed E-state index contributed by atoms with van der Waals surface area (Å²) in [7, 11) is -3.78. The van der Waals surface area contributed by atoms with Crippen LogP contribution < -0.4 is 0 Å². The summed E-state index contributed by atoms with van der Waals surface area (Å²) in [5.41, 5.74) is 0. The minimum absolute atomic E-state index is 0.0603. The van der Waals surface area contributed by atoms with Crippen molar-refractivity contribution in [2.75, 3.05) is 54.4 Å². The van der Waals surface area contributed by atoms with Crippen LogP contribution in [-0.2, 0) is 79.8 Å². The first-order valence-electron chi connectivity index (χ1n) is 27.8. The molecule has 0 aromatic carbocycles. The number of hydrogen-bond acceptors (Lipinski definition) is 18. The summed E-state index contributed by atoms with van der Waals surface area (Å²) >= 11 is 0. The van der Waals surface area contributed by atoms with Crippen molar-refractivity contribution in [3.8, 4) is 0 Å². The Labute approximate surface area is 457 Å². The van der Waals surface area contributed by atoms with E-state index in [1.165, 1.54) is 0 Å². The Morgan fingerprint density at radius 2 is 1.24 bits per heavy atom. The molecular weight excluding hydrogens is 1040 g/mol. The number of methoxy groups -OCH3 is 2. The number of Topliss-reactive ketones (excluding diaryl/α,β-unsaturated/α-hetero) is 1. The number of likely N-dealkylation sites (N-methyl/N-ethyl adjacent to an activating group) is 1. The highest BCUT2D eigenvalue weighted by atomic mass is 32.2. The number of nitrogens with zero attached hydrogens (tertiary/aromatic N) is 1. The fraction of sp³-hybridized carbons (Fsp3) is 0.962. The third-order valence-corrected chi connectivity index (χ3v) is 17.8. The highest BCUT2D eigenvalue weighted by Crippen LogP contribution is 2.40. The lowest BCUT2D eigenvalue weighted by Crippen LogP contribution is -2.66. The van der Waals surface area contributed by atoms with Crippen LogP contribution in [0.2, 0.25) is 58.9 Å². The van der Waals surface area contributed by atoms with E-state index in [1.54, 1.807) is 21.1 Å². The number of hydrogen-bond donors (Lipinski definition) is 0. The van der Waals surface area contributed by atoms with Crippen molar-refractivity contribution in [3.63, 3.8) is 0 Å². The van der Waals surface area contributed by atoms with Crippen LogP contribution in [0.4, 0.5) is 0 Å². The molecule has 0 aliphatic carbocycles. The molecule has 0 spiro atoms. The summed E-state index contributed by atoms with van der Waals surface area (Å²) < 4.78 is 110. The van der Waals surface area contributed by atoms with Gasteiger partial charge in [0.25, 0.3) is 10.1 Å². The molecule has 3 heterocycles. The monoisotopic (exact) mass is 1140 g/mol. The van der Waals surface area contributed by atoms with Crippen molar-refractivity contribution in [1.29, 1.82) is 0 Å². The molecule has 3 saturated heterocycles. The van der Waals surface area contributed by atoms with Gasteiger partial charge in [-0.25, -0.2) is 0 Å². The van der Waals surface area contributed by atoms with E-state index in [4.69, 9.17) is 60.1 Å². The van der Waals surface area contributed by atoms with Gasteiger partial charge in [-0.05, 0) is 138 Å². The van der Waals surface area contributed by atoms with Gasteiger partial charge in [-0.1, -0.05) is 27.7 Å². The summed E-state index contributed by atoms with van der Waals surface area (Å²) in [6.07, 6.45) is -4.91. The summed E-state index contributed by atoms with van der Waals surface area (Å²) in [4.78, 5) is 31.3. The fourth-order valence-electron chi connectivity index (χ4n) is 11.0. The Morgan fingerprint density at radius 3 is 1.75 bits per heavy atom. The number of carbonyl (C=O) groups excluding carboxylic acids is 2. The Bertz CT molecular complexity index is 1810. The van der Waals surface area contributed by atoms with E-state index in [-0.39, 0.29) is 42.9 Å². The Balaban J connectivity index is 2.22. The maximum Gasteiger partial charge on any atom is 0.308 e. The van der Waals surface area contributed by atoms with Crippen molar-refractivity contribution in [2.45, 2.75) is 245 Å². The molecular formula is C53H105NO17SSi3. The Kier molecular flexibility index (Phi) is 27.7. The first kappa shape index (κ1) is 68.5. The van der Waals surface area contributed by atoms with Crippen LogP contribution in [-0.4, -0.2) is 190 Å². The summed E-state index contributed by atoms with van der Waals surface area (Å²) in [5, 5.41) is 0. The van der Waals surface area contributed by atoms with Gasteiger partial charge < -0.3 is 60.8 Å². The highest BCUT2D eigenvalue weighted by Gasteiger charge is 2.53. The lowest BCUT2D eigenvalue weighted by molar-refractivity contribution is -0.302. The van der Waals surface area contributed by atoms with Crippen molar-refractivity contribution in [3.05, 3.63) is 0 Å². The van der Waals surface area contributed by atoms with Gasteiger partial charge in [-0.15, -0.1) is 0 Å². The van der Waals surface area contributed by atoms with Gasteiger partial charge >= 0.3 is 5.97 Å². The predicted molar refractivity (Wildman–Crippen MR) is 297 cm³/mol. The van der Waals surface area contributed by atoms with Crippen molar-refractivity contribution in [2.24, 2.45) is 29.6 Å². The van der Waals surface area contributed by atoms with Gasteiger partial charge in [0.1, 0.15) is 36.3 Å². The lowest BCUT2D eigenvalue weighted by Gasteiger charge is -2.50. The highest BCUT2D eigenvalue weighted by molar-refractivity contribution is 7.86. The van der Waals surface area contributed by atoms with Crippen LogP contribution >= 0.6 is 0 Å². The minimum atomic E-state index is -3.92. The average Bonchev–Trinajstić information content (AvgIpc) is 3.27. The van der Waals surface area contributed by atoms with Crippen LogP contribution in [0.5, 0.6) is 0 Å². The fourth-order valence-corrected chi connectivity index (χ4v) is 15.1. The van der Waals surface area contributed by atoms with E-state index in [1.807, 2.05) is 60.5 Å². The second-order valence-electron chi connectivity index (χ2n) is 24.7. The molecule has 442 valence electrons. The zero-order valence-corrected chi connectivity index (χ0v) is 54.2. The van der Waals surface area contributed by atoms with E-state index < -0.39 is 133 Å². The van der Waals surface area contributed by atoms with Gasteiger partial charge in [0.05, 0.1) is 55.8 Å². The van der Waals surface area contributed by atoms with Crippen LogP contribution in [0.15, 0.2) is 0 Å². The summed E-state index contributed by atoms with van der Waals surface area (Å²) in [5.74, 6) is -1.81. The quantitative estimate of drug-likeness (QED) is 0.0408. The first-order chi connectivity index (χ1) is 34.7. The first-order valence-corrected chi connectivity index (χ1v) is 39.9. The second-order valence-corrected chi connectivity index (χ2v) is 39.7. The Morgan fingerprint density at radius 1 is 0.693 bits per heavy atom. The number of ether oxygens (including phenoxy) is 9. The minimum Gasteiger partial charge on any atom is -0.462 e. The number of cyclic esters (lactones) is 1. The predicted octanol–water partition coefficient (Wildman–Crippen LogP) is 8.63. The van der Waals surface area contributed by atoms with Crippen LogP contribution in [0.3, 0.4) is 0 Å². The Hall–Kier alpha value is -0.779. The SMILES string of the molecule is CCOC(C[C@H]1C[C@@H](C)C(=O)CCC(C)C[C@H](CO[C@@H]2O[C@H](C)[C@@H](O[Si](C)(C)C)[C@@H](OC)[C@H]2OC)[C@@H](CC)OC(=O)C[C@H](O[Si](C)(C)C)[C@H](C)[C@H]1O[C@@H]1O[C@H](C)[C@@H](OS(C)(=O)=O)[C@H](N(C)C)[C@H]1O[Si](C)(C)C)OCC. The molecule has 0 N–H and O–H groups in total. The molecule has 22 heteroatoms. The molecule has 1 unspecified atom stereocenters. The molecule has 18 nitrogen and oxygen atoms in total. The normalized spacial score (nSPS) is 36.0. The van der Waals surface area contributed by atoms with E-state index in [0.29, 0.717) is 51.7 Å². The zero-order chi connectivity index (χ0) is 57.0. The molecule has 3 aliphatic heterocycles. The van der Waals surface area contributed by atoms with Crippen LogP contribution in [0.25, 0.3) is 0 Å². The molecule has 0 bridgehead atoms. The molecule has 3 aliphatic rings. The summed E-state index contributed by atoms with van der Waals surface area (Å²) in [6.45, 7) is 35.5. The maximum atomic E-state index is 14.8. The van der Waals surface area contributed by atoms with Crippen molar-refractivity contribution >= 4 is 46.8 Å². The van der Waals surface area contributed by atoms with Crippen LogP contribution in [0.1, 0.15) is 100 Å². The lowest BCUT2D eigenvalue weighted by atomic mass is 9.78. The average molecular weight is 1140 g/mol. The van der Waals surface area contributed by atoms with Gasteiger partial charge in [0.2, 0.25) is 0 Å². The molecule has 0 amide bonds. The molecule has 0 aromatic rings. The number of ketones is 1. The van der Waals surface area contributed by atoms with E-state index in [9.17, 15) is 18.0 Å². The smallest absolute Gasteiger partial charge is 0.308 e. The van der Waals surface area contributed by atoms with E-state index in [0.717, 1.165) is 6.26 Å². The molecule has 18 atom stereocenters. The zero-order valence-electron chi connectivity index (χ0n) is 50.3. The maximum absolute atomic E-state index is 14.8. The largest absolute Gasteiger partial charge is 0.462 e. The van der Waals surface area contributed by atoms with Gasteiger partial charge in [-0.3, -0.25) is 13.8 Å². The molecule has 75 heavy (non-hydrogen) atoms. The standard InChI is InChI=1S/C53H105NO17SSi3/c1-23-41-39(32-63-52-51(60-12)50(59-11)48(37(8)64-52)70-74(17,18)19)28-33(4)26-27-40(55)34(5)29-38(30-44(61-24-2)62-25-3)46(35(6)42(31-43(56)66-41)69-73(14,15)16)67-53-49(71-75(20,21)22)45(54(9)10)47(36(7)65-53)68-72(13,57)58/h33-39,41-42,44-53H,23-32H2,1-22H3/t33?,34-,35+,36-,37-,38-,39-,41-,42+,45+,46-,47-,48-,49-,50-,51-,52-,53+/m1/s1. The molecule has 0 saturated carbocycles. The topological polar surface area (TPSA) is 192 Å². The summed E-state index contributed by atoms with van der Waals surface area (Å²) in [6, 6.07) is -0.620. The van der Waals surface area contributed by atoms with E-state index >= 15 is 0 Å². The van der Waals surface area contributed by atoms with Gasteiger partial charge in [0.15, 0.2) is 43.8 Å². The van der Waals surface area contributed by atoms with Crippen molar-refractivity contribution < 1.29 is 78.1 Å². The van der Waals surface area contributed by atoms with Crippen LogP contribution in [0, 0.1) is 29.6 Å². The van der Waals surface area contributed by atoms with Gasteiger partial charge in [0, 0.05) is 58.0 Å². The number of carbonyl (C=O) groups is 2. The number of rotatable bonds is 23. The van der Waals surface area contributed by atoms with Gasteiger partial charge in [-0.2, -0.15) is 8.42 Å². The molecule has 3 fully saturated rings. The molecule has 0 radical (unpaired) electrons. The second kappa shape index (κ2) is 30.3. The third-order valence-electron chi connectivity index (χ3n) is 14.3. The molecule has 3 rings (SSSR count). The third kappa shape index (κ3) is 22.2.